The summed E-state index contributed by atoms with van der Waals surface area (Å²) in [6.07, 6.45) is 2.98. The highest BCUT2D eigenvalue weighted by molar-refractivity contribution is 7.11. The number of rotatable bonds is 5. The van der Waals surface area contributed by atoms with E-state index in [0.717, 1.165) is 46.1 Å². The number of para-hydroxylation sites is 1. The number of nitrogens with zero attached hydrogens (tertiary/aromatic N) is 1. The van der Waals surface area contributed by atoms with E-state index in [0.29, 0.717) is 13.2 Å². The molecule has 2 heterocycles. The zero-order valence-electron chi connectivity index (χ0n) is 15.1. The molecule has 2 N–H and O–H groups in total. The van der Waals surface area contributed by atoms with Gasteiger partial charge >= 0.3 is 0 Å². The summed E-state index contributed by atoms with van der Waals surface area (Å²) in [5.41, 5.74) is 4.50. The number of ether oxygens (including phenoxy) is 1. The molecule has 1 amide bonds. The second kappa shape index (κ2) is 7.21. The zero-order chi connectivity index (χ0) is 18.1. The van der Waals surface area contributed by atoms with Gasteiger partial charge in [-0.15, -0.1) is 11.3 Å². The molecule has 3 aromatic rings. The smallest absolute Gasteiger partial charge is 0.229 e. The van der Waals surface area contributed by atoms with Gasteiger partial charge in [0.05, 0.1) is 24.8 Å². The average molecular weight is 369 g/mol. The van der Waals surface area contributed by atoms with Gasteiger partial charge in [-0.2, -0.15) is 0 Å². The third-order valence-corrected chi connectivity index (χ3v) is 6.19. The first-order valence-corrected chi connectivity index (χ1v) is 9.80. The molecular weight excluding hydrogens is 346 g/mol. The summed E-state index contributed by atoms with van der Waals surface area (Å²) < 4.78 is 5.14. The first-order chi connectivity index (χ1) is 12.7. The van der Waals surface area contributed by atoms with E-state index in [1.165, 1.54) is 10.9 Å². The summed E-state index contributed by atoms with van der Waals surface area (Å²) >= 11 is 1.60. The van der Waals surface area contributed by atoms with E-state index >= 15 is 0 Å². The van der Waals surface area contributed by atoms with Crippen LogP contribution in [0.3, 0.4) is 0 Å². The fourth-order valence-corrected chi connectivity index (χ4v) is 4.79. The van der Waals surface area contributed by atoms with Crippen LogP contribution in [0.15, 0.2) is 24.3 Å². The molecule has 1 aliphatic rings. The Morgan fingerprint density at radius 1 is 1.42 bits per heavy atom. The lowest BCUT2D eigenvalue weighted by Gasteiger charge is -2.22. The maximum absolute atomic E-state index is 12.9. The Balaban J connectivity index is 1.51. The second-order valence-electron chi connectivity index (χ2n) is 6.77. The molecular formula is C20H23N3O2S. The Bertz CT molecular complexity index is 944. The van der Waals surface area contributed by atoms with Crippen LogP contribution < -0.4 is 5.32 Å². The van der Waals surface area contributed by atoms with Gasteiger partial charge in [-0.1, -0.05) is 18.2 Å². The molecule has 4 rings (SSSR count). The molecule has 0 fully saturated rings. The number of hydrogen-bond donors (Lipinski definition) is 2. The molecule has 2 aromatic heterocycles. The van der Waals surface area contributed by atoms with Crippen molar-refractivity contribution in [3.8, 4) is 0 Å². The largest absolute Gasteiger partial charge is 0.378 e. The standard InChI is InChI=1S/C20H23N3O2S/c1-12-17(26-18(22-12)11-25-2)10-21-20(24)15-8-5-7-14-13-6-3-4-9-16(13)23-19(14)15/h3-4,6,9,15,23H,5,7-8,10-11H2,1-2H3,(H,21,24)/t15-/m1/s1. The van der Waals surface area contributed by atoms with Crippen LogP contribution in [-0.2, 0) is 29.1 Å². The highest BCUT2D eigenvalue weighted by Crippen LogP contribution is 2.36. The van der Waals surface area contributed by atoms with Crippen molar-refractivity contribution < 1.29 is 9.53 Å². The Kier molecular flexibility index (Phi) is 4.78. The van der Waals surface area contributed by atoms with E-state index in [4.69, 9.17) is 4.74 Å². The van der Waals surface area contributed by atoms with Crippen LogP contribution in [0.4, 0.5) is 0 Å². The fourth-order valence-electron chi connectivity index (χ4n) is 3.81. The van der Waals surface area contributed by atoms with Gasteiger partial charge in [0.25, 0.3) is 0 Å². The zero-order valence-corrected chi connectivity index (χ0v) is 15.9. The van der Waals surface area contributed by atoms with Crippen molar-refractivity contribution >= 4 is 28.1 Å². The first kappa shape index (κ1) is 17.2. The Labute approximate surface area is 156 Å². The van der Waals surface area contributed by atoms with Gasteiger partial charge in [-0.3, -0.25) is 4.79 Å². The van der Waals surface area contributed by atoms with Crippen LogP contribution in [0.2, 0.25) is 0 Å². The molecule has 5 nitrogen and oxygen atoms in total. The summed E-state index contributed by atoms with van der Waals surface area (Å²) in [6.45, 7) is 3.02. The molecule has 6 heteroatoms. The Morgan fingerprint density at radius 3 is 3.12 bits per heavy atom. The molecule has 26 heavy (non-hydrogen) atoms. The number of H-pyrrole nitrogens is 1. The molecule has 0 bridgehead atoms. The SMILES string of the molecule is COCc1nc(C)c(CNC(=O)[C@@H]2CCCc3c2[nH]c2ccccc32)s1. The summed E-state index contributed by atoms with van der Waals surface area (Å²) in [5.74, 6) is -0.00331. The van der Waals surface area contributed by atoms with Crippen molar-refractivity contribution in [2.24, 2.45) is 0 Å². The minimum absolute atomic E-state index is 0.0959. The molecule has 0 spiro atoms. The van der Waals surface area contributed by atoms with Gasteiger partial charge in [-0.25, -0.2) is 4.98 Å². The van der Waals surface area contributed by atoms with Crippen LogP contribution in [0, 0.1) is 6.92 Å². The van der Waals surface area contributed by atoms with Crippen molar-refractivity contribution in [3.63, 3.8) is 0 Å². The van der Waals surface area contributed by atoms with Gasteiger partial charge < -0.3 is 15.0 Å². The third-order valence-electron chi connectivity index (χ3n) is 5.06. The monoisotopic (exact) mass is 369 g/mol. The second-order valence-corrected chi connectivity index (χ2v) is 7.94. The first-order valence-electron chi connectivity index (χ1n) is 8.98. The molecule has 0 saturated heterocycles. The number of amides is 1. The molecule has 0 saturated carbocycles. The van der Waals surface area contributed by atoms with Gasteiger partial charge in [-0.05, 0) is 37.8 Å². The normalized spacial score (nSPS) is 16.6. The van der Waals surface area contributed by atoms with Crippen LogP contribution in [0.25, 0.3) is 10.9 Å². The van der Waals surface area contributed by atoms with E-state index < -0.39 is 0 Å². The van der Waals surface area contributed by atoms with Crippen molar-refractivity contribution in [2.75, 3.05) is 7.11 Å². The number of carbonyl (C=O) groups is 1. The maximum Gasteiger partial charge on any atom is 0.229 e. The highest BCUT2D eigenvalue weighted by atomic mass is 32.1. The number of methoxy groups -OCH3 is 1. The maximum atomic E-state index is 12.9. The van der Waals surface area contributed by atoms with Crippen molar-refractivity contribution in [3.05, 3.63) is 51.1 Å². The van der Waals surface area contributed by atoms with Crippen molar-refractivity contribution in [1.29, 1.82) is 0 Å². The third kappa shape index (κ3) is 3.15. The van der Waals surface area contributed by atoms with Gasteiger partial charge in [0.15, 0.2) is 0 Å². The summed E-state index contributed by atoms with van der Waals surface area (Å²) in [5, 5.41) is 5.32. The number of aromatic amines is 1. The molecule has 0 radical (unpaired) electrons. The molecule has 1 aromatic carbocycles. The lowest BCUT2D eigenvalue weighted by atomic mass is 9.86. The van der Waals surface area contributed by atoms with Crippen molar-refractivity contribution in [2.45, 2.75) is 45.3 Å². The van der Waals surface area contributed by atoms with Crippen molar-refractivity contribution in [1.82, 2.24) is 15.3 Å². The number of hydrogen-bond acceptors (Lipinski definition) is 4. The van der Waals surface area contributed by atoms with Gasteiger partial charge in [0.2, 0.25) is 5.91 Å². The average Bonchev–Trinajstić information content (AvgIpc) is 3.20. The van der Waals surface area contributed by atoms with Gasteiger partial charge in [0.1, 0.15) is 5.01 Å². The Hall–Kier alpha value is -2.18. The Morgan fingerprint density at radius 2 is 2.27 bits per heavy atom. The quantitative estimate of drug-likeness (QED) is 0.718. The number of aryl methyl sites for hydroxylation is 2. The number of carbonyl (C=O) groups excluding carboxylic acids is 1. The predicted molar refractivity (Wildman–Crippen MR) is 103 cm³/mol. The molecule has 1 atom stereocenters. The number of fused-ring (bicyclic) bond motifs is 3. The lowest BCUT2D eigenvalue weighted by Crippen LogP contribution is -2.31. The predicted octanol–water partition coefficient (Wildman–Crippen LogP) is 3.82. The summed E-state index contributed by atoms with van der Waals surface area (Å²) in [7, 11) is 1.67. The lowest BCUT2D eigenvalue weighted by molar-refractivity contribution is -0.123. The van der Waals surface area contributed by atoms with Crippen LogP contribution in [0.5, 0.6) is 0 Å². The van der Waals surface area contributed by atoms with E-state index in [-0.39, 0.29) is 11.8 Å². The number of thiazole rings is 1. The number of benzene rings is 1. The van der Waals surface area contributed by atoms with E-state index in [2.05, 4.69) is 33.5 Å². The van der Waals surface area contributed by atoms with E-state index in [9.17, 15) is 4.79 Å². The number of aromatic nitrogens is 2. The molecule has 0 unspecified atom stereocenters. The molecule has 1 aliphatic carbocycles. The summed E-state index contributed by atoms with van der Waals surface area (Å²) in [6, 6.07) is 8.32. The van der Waals surface area contributed by atoms with Crippen LogP contribution >= 0.6 is 11.3 Å². The van der Waals surface area contributed by atoms with E-state index in [1.807, 2.05) is 13.0 Å². The fraction of sp³-hybridized carbons (Fsp3) is 0.400. The molecule has 136 valence electrons. The van der Waals surface area contributed by atoms with E-state index in [1.54, 1.807) is 18.4 Å². The van der Waals surface area contributed by atoms with Crippen LogP contribution in [-0.4, -0.2) is 23.0 Å². The molecule has 0 aliphatic heterocycles. The minimum atomic E-state index is -0.0992. The topological polar surface area (TPSA) is 67.0 Å². The minimum Gasteiger partial charge on any atom is -0.378 e. The summed E-state index contributed by atoms with van der Waals surface area (Å²) in [4.78, 5) is 22.0. The highest BCUT2D eigenvalue weighted by Gasteiger charge is 2.29. The van der Waals surface area contributed by atoms with Gasteiger partial charge in [0, 0.05) is 28.6 Å². The van der Waals surface area contributed by atoms with Crippen LogP contribution in [0.1, 0.15) is 45.6 Å². The number of nitrogens with one attached hydrogen (secondary N) is 2.